The molecule has 6 heteroatoms. The Balaban J connectivity index is 0.00000220. The first-order chi connectivity index (χ1) is 9.32. The standard InChI is InChI=1S/C15H21BrF2N2.ClH/c1-15(2,3)14(20-8-6-19-7-9-20)12-11(17)5-4-10(16)13(12)18;/h4-5,14,19H,6-9H2,1-3H3;1H/t14-;/m1./s1. The quantitative estimate of drug-likeness (QED) is 0.772. The van der Waals surface area contributed by atoms with E-state index in [1.54, 1.807) is 0 Å². The summed E-state index contributed by atoms with van der Waals surface area (Å²) in [6.07, 6.45) is 0. The van der Waals surface area contributed by atoms with E-state index in [1.165, 1.54) is 12.1 Å². The number of nitrogens with one attached hydrogen (secondary N) is 1. The molecule has 2 rings (SSSR count). The second-order valence-corrected chi connectivity index (χ2v) is 7.17. The Morgan fingerprint density at radius 1 is 1.19 bits per heavy atom. The summed E-state index contributed by atoms with van der Waals surface area (Å²) in [6, 6.07) is 2.48. The Labute approximate surface area is 139 Å². The molecule has 0 aromatic heterocycles. The highest BCUT2D eigenvalue weighted by Gasteiger charge is 2.36. The van der Waals surface area contributed by atoms with E-state index in [9.17, 15) is 8.78 Å². The fraction of sp³-hybridized carbons (Fsp3) is 0.600. The van der Waals surface area contributed by atoms with Crippen molar-refractivity contribution in [3.05, 3.63) is 33.8 Å². The average molecular weight is 384 g/mol. The van der Waals surface area contributed by atoms with Gasteiger partial charge in [0.05, 0.1) is 4.47 Å². The summed E-state index contributed by atoms with van der Waals surface area (Å²) in [5.74, 6) is -0.951. The van der Waals surface area contributed by atoms with Gasteiger partial charge in [0.1, 0.15) is 11.6 Å². The summed E-state index contributed by atoms with van der Waals surface area (Å²) >= 11 is 3.17. The van der Waals surface area contributed by atoms with E-state index in [4.69, 9.17) is 0 Å². The lowest BCUT2D eigenvalue weighted by atomic mass is 9.80. The van der Waals surface area contributed by atoms with Crippen LogP contribution in [-0.4, -0.2) is 31.1 Å². The van der Waals surface area contributed by atoms with Crippen molar-refractivity contribution in [1.29, 1.82) is 0 Å². The van der Waals surface area contributed by atoms with Crippen molar-refractivity contribution in [3.8, 4) is 0 Å². The third-order valence-electron chi connectivity index (χ3n) is 3.69. The molecule has 1 aromatic rings. The summed E-state index contributed by atoms with van der Waals surface area (Å²) in [4.78, 5) is 2.17. The zero-order valence-electron chi connectivity index (χ0n) is 12.5. The number of rotatable bonds is 2. The zero-order chi connectivity index (χ0) is 14.9. The van der Waals surface area contributed by atoms with Crippen LogP contribution in [0.1, 0.15) is 32.4 Å². The lowest BCUT2D eigenvalue weighted by molar-refractivity contribution is 0.0803. The van der Waals surface area contributed by atoms with Gasteiger partial charge in [-0.15, -0.1) is 12.4 Å². The number of piperazine rings is 1. The topological polar surface area (TPSA) is 15.3 Å². The number of nitrogens with zero attached hydrogens (tertiary/aromatic N) is 1. The van der Waals surface area contributed by atoms with Crippen LogP contribution in [0.25, 0.3) is 0 Å². The van der Waals surface area contributed by atoms with Gasteiger partial charge in [-0.1, -0.05) is 20.8 Å². The predicted molar refractivity (Wildman–Crippen MR) is 87.9 cm³/mol. The molecule has 1 fully saturated rings. The maximum Gasteiger partial charge on any atom is 0.145 e. The average Bonchev–Trinajstić information content (AvgIpc) is 2.39. The molecule has 0 radical (unpaired) electrons. The van der Waals surface area contributed by atoms with Crippen LogP contribution in [0.5, 0.6) is 0 Å². The molecular weight excluding hydrogens is 362 g/mol. The molecule has 120 valence electrons. The number of hydrogen-bond acceptors (Lipinski definition) is 2. The zero-order valence-corrected chi connectivity index (χ0v) is 15.0. The number of halogens is 4. The lowest BCUT2D eigenvalue weighted by Gasteiger charge is -2.42. The van der Waals surface area contributed by atoms with E-state index in [1.807, 2.05) is 20.8 Å². The van der Waals surface area contributed by atoms with Gasteiger partial charge in [0.25, 0.3) is 0 Å². The third kappa shape index (κ3) is 4.15. The highest BCUT2D eigenvalue weighted by atomic mass is 79.9. The predicted octanol–water partition coefficient (Wildman–Crippen LogP) is 4.14. The van der Waals surface area contributed by atoms with Crippen LogP contribution in [0.4, 0.5) is 8.78 Å². The normalized spacial score (nSPS) is 18.2. The molecule has 1 heterocycles. The molecule has 1 aliphatic heterocycles. The van der Waals surface area contributed by atoms with Crippen LogP contribution in [0.3, 0.4) is 0 Å². The summed E-state index contributed by atoms with van der Waals surface area (Å²) in [6.45, 7) is 9.38. The van der Waals surface area contributed by atoms with E-state index in [0.29, 0.717) is 4.47 Å². The number of hydrogen-bond donors (Lipinski definition) is 1. The molecule has 1 aliphatic rings. The molecule has 0 amide bonds. The third-order valence-corrected chi connectivity index (χ3v) is 4.30. The minimum Gasteiger partial charge on any atom is -0.314 e. The molecule has 0 spiro atoms. The van der Waals surface area contributed by atoms with Crippen LogP contribution >= 0.6 is 28.3 Å². The van der Waals surface area contributed by atoms with E-state index in [2.05, 4.69) is 26.1 Å². The molecule has 0 aliphatic carbocycles. The van der Waals surface area contributed by atoms with Crippen molar-refractivity contribution in [2.45, 2.75) is 26.8 Å². The van der Waals surface area contributed by atoms with Crippen LogP contribution in [-0.2, 0) is 0 Å². The van der Waals surface area contributed by atoms with Gasteiger partial charge >= 0.3 is 0 Å². The van der Waals surface area contributed by atoms with Crippen LogP contribution in [0.2, 0.25) is 0 Å². The Hall–Kier alpha value is -0.230. The van der Waals surface area contributed by atoms with Gasteiger partial charge < -0.3 is 5.32 Å². The first-order valence-electron chi connectivity index (χ1n) is 6.90. The molecule has 0 bridgehead atoms. The van der Waals surface area contributed by atoms with Gasteiger partial charge in [-0.05, 0) is 33.5 Å². The van der Waals surface area contributed by atoms with E-state index in [-0.39, 0.29) is 29.4 Å². The van der Waals surface area contributed by atoms with Crippen molar-refractivity contribution in [1.82, 2.24) is 10.2 Å². The molecule has 0 unspecified atom stereocenters. The molecule has 1 aromatic carbocycles. The molecule has 1 atom stereocenters. The molecule has 0 saturated carbocycles. The second-order valence-electron chi connectivity index (χ2n) is 6.31. The Bertz CT molecular complexity index is 485. The first kappa shape index (κ1) is 18.8. The van der Waals surface area contributed by atoms with E-state index >= 15 is 0 Å². The van der Waals surface area contributed by atoms with Gasteiger partial charge in [0.2, 0.25) is 0 Å². The highest BCUT2D eigenvalue weighted by Crippen LogP contribution is 2.41. The molecule has 21 heavy (non-hydrogen) atoms. The van der Waals surface area contributed by atoms with Crippen LogP contribution < -0.4 is 5.32 Å². The Kier molecular flexibility index (Phi) is 6.59. The van der Waals surface area contributed by atoms with Gasteiger partial charge in [-0.3, -0.25) is 4.90 Å². The van der Waals surface area contributed by atoms with Gasteiger partial charge in [0.15, 0.2) is 0 Å². The van der Waals surface area contributed by atoms with Gasteiger partial charge in [-0.25, -0.2) is 8.78 Å². The van der Waals surface area contributed by atoms with Crippen molar-refractivity contribution in [2.75, 3.05) is 26.2 Å². The minimum atomic E-state index is -0.483. The van der Waals surface area contributed by atoms with Crippen LogP contribution in [0.15, 0.2) is 16.6 Å². The summed E-state index contributed by atoms with van der Waals surface area (Å²) < 4.78 is 29.0. The van der Waals surface area contributed by atoms with Gasteiger partial charge in [-0.2, -0.15) is 0 Å². The summed E-state index contributed by atoms with van der Waals surface area (Å²) in [5.41, 5.74) is -0.0754. The fourth-order valence-electron chi connectivity index (χ4n) is 2.90. The largest absolute Gasteiger partial charge is 0.314 e. The van der Waals surface area contributed by atoms with Crippen molar-refractivity contribution < 1.29 is 8.78 Å². The molecule has 2 nitrogen and oxygen atoms in total. The smallest absolute Gasteiger partial charge is 0.145 e. The van der Waals surface area contributed by atoms with E-state index < -0.39 is 11.6 Å². The van der Waals surface area contributed by atoms with Crippen molar-refractivity contribution >= 4 is 28.3 Å². The molecule has 1 saturated heterocycles. The van der Waals surface area contributed by atoms with Gasteiger partial charge in [0, 0.05) is 37.8 Å². The summed E-state index contributed by atoms with van der Waals surface area (Å²) in [7, 11) is 0. The van der Waals surface area contributed by atoms with Crippen molar-refractivity contribution in [2.24, 2.45) is 5.41 Å². The summed E-state index contributed by atoms with van der Waals surface area (Å²) in [5, 5.41) is 3.27. The van der Waals surface area contributed by atoms with Crippen LogP contribution in [0, 0.1) is 17.0 Å². The number of benzene rings is 1. The Morgan fingerprint density at radius 2 is 1.76 bits per heavy atom. The van der Waals surface area contributed by atoms with E-state index in [0.717, 1.165) is 26.2 Å². The minimum absolute atomic E-state index is 0. The fourth-order valence-corrected chi connectivity index (χ4v) is 3.24. The maximum atomic E-state index is 14.5. The lowest BCUT2D eigenvalue weighted by Crippen LogP contribution is -2.48. The monoisotopic (exact) mass is 382 g/mol. The first-order valence-corrected chi connectivity index (χ1v) is 7.70. The second kappa shape index (κ2) is 7.36. The molecular formula is C15H22BrClF2N2. The molecule has 1 N–H and O–H groups in total. The van der Waals surface area contributed by atoms with Crippen molar-refractivity contribution in [3.63, 3.8) is 0 Å². The highest BCUT2D eigenvalue weighted by molar-refractivity contribution is 9.10. The SMILES string of the molecule is CC(C)(C)[C@@H](c1c(F)ccc(Br)c1F)N1CCNCC1.Cl. The maximum absolute atomic E-state index is 14.5. The Morgan fingerprint density at radius 3 is 2.29 bits per heavy atom.